The van der Waals surface area contributed by atoms with Gasteiger partial charge in [-0.05, 0) is 48.2 Å². The molecule has 6 N–H and O–H groups in total. The standard InChI is InChI=1S/C31H34F4N4O2.CH3NO.K.H3N/c1-5-7-19(16-37-41-24-11-21-17-39(8-6-2)30(21)27(13-24)40-4)26-14-25-18(3)15-36-29(25)28(38-26)20-9-22(31(33,34)35)12-23(32)10-20;2-1-3;;/h9-14,17-19,36H,5-8,15-16H2,1-4H3;1H,(H2,2,3);;1H3/q;;+1;. The van der Waals surface area contributed by atoms with Crippen molar-refractivity contribution in [3.63, 3.8) is 0 Å². The number of amides is 1. The van der Waals surface area contributed by atoms with E-state index in [1.54, 1.807) is 7.11 Å². The van der Waals surface area contributed by atoms with Crippen molar-refractivity contribution in [2.24, 2.45) is 5.73 Å². The molecule has 0 bridgehead atoms. The number of halogens is 4. The molecule has 5 rings (SSSR count). The number of hydrogen-bond donors (Lipinski definition) is 3. The molecule has 0 saturated carbocycles. The van der Waals surface area contributed by atoms with E-state index in [0.29, 0.717) is 47.7 Å². The van der Waals surface area contributed by atoms with Crippen LogP contribution in [0.1, 0.15) is 74.3 Å². The van der Waals surface area contributed by atoms with Gasteiger partial charge in [-0.2, -0.15) is 17.7 Å². The third-order valence-corrected chi connectivity index (χ3v) is 7.55. The number of methoxy groups -OCH3 is 1. The zero-order valence-electron chi connectivity index (χ0n) is 26.9. The van der Waals surface area contributed by atoms with Crippen molar-refractivity contribution in [2.75, 3.05) is 32.1 Å². The van der Waals surface area contributed by atoms with E-state index >= 15 is 0 Å². The van der Waals surface area contributed by atoms with E-state index in [2.05, 4.69) is 34.2 Å². The van der Waals surface area contributed by atoms with Crippen LogP contribution in [0.25, 0.3) is 16.7 Å². The number of hydrogen-bond acceptors (Lipinski definition) is 6. The molecule has 0 fully saturated rings. The number of hydroxylamine groups is 1. The number of nitrogens with zero attached hydrogens (tertiary/aromatic N) is 3. The molecule has 2 unspecified atom stereocenters. The number of benzene rings is 2. The zero-order valence-corrected chi connectivity index (χ0v) is 30.0. The summed E-state index contributed by atoms with van der Waals surface area (Å²) < 4.78 is 62.6. The first-order valence-corrected chi connectivity index (χ1v) is 14.5. The Hall–Kier alpha value is -2.59. The van der Waals surface area contributed by atoms with Gasteiger partial charge in [-0.25, -0.2) is 4.39 Å². The Morgan fingerprint density at radius 2 is 1.89 bits per heavy atom. The quantitative estimate of drug-likeness (QED) is 0.0906. The third-order valence-electron chi connectivity index (χ3n) is 7.55. The smallest absolute Gasteiger partial charge is 0.587 e. The maximum absolute atomic E-state index is 14.4. The number of anilines is 1. The summed E-state index contributed by atoms with van der Waals surface area (Å²) >= 11 is 0. The number of aromatic nitrogens is 1. The monoisotopic (exact) mass is 671 g/mol. The number of rotatable bonds is 11. The van der Waals surface area contributed by atoms with E-state index < -0.39 is 17.6 Å². The first-order chi connectivity index (χ1) is 21.0. The summed E-state index contributed by atoms with van der Waals surface area (Å²) in [5.41, 5.74) is 12.3. The predicted molar refractivity (Wildman–Crippen MR) is 167 cm³/mol. The van der Waals surface area contributed by atoms with Crippen LogP contribution in [0.3, 0.4) is 0 Å². The van der Waals surface area contributed by atoms with Crippen LogP contribution >= 0.6 is 0 Å². The molecule has 46 heavy (non-hydrogen) atoms. The van der Waals surface area contributed by atoms with E-state index in [9.17, 15) is 17.6 Å². The van der Waals surface area contributed by atoms with Gasteiger partial charge in [-0.3, -0.25) is 9.78 Å². The van der Waals surface area contributed by atoms with Gasteiger partial charge < -0.3 is 32.3 Å². The van der Waals surface area contributed by atoms with Crippen molar-refractivity contribution >= 4 is 24.0 Å². The largest absolute Gasteiger partial charge is 1.00 e. The van der Waals surface area contributed by atoms with Crippen molar-refractivity contribution in [2.45, 2.75) is 58.0 Å². The second-order valence-corrected chi connectivity index (χ2v) is 10.8. The Labute approximate surface area is 309 Å². The minimum Gasteiger partial charge on any atom is -0.587 e. The zero-order chi connectivity index (χ0) is 32.0. The molecule has 2 aliphatic rings. The number of carbonyl (C=O) groups excluding carboxylic acids is 1. The van der Waals surface area contributed by atoms with Gasteiger partial charge in [0.05, 0.1) is 24.1 Å². The van der Waals surface area contributed by atoms with Crippen molar-refractivity contribution in [1.82, 2.24) is 11.1 Å². The fraction of sp³-hybridized carbons (Fsp3) is 0.406. The minimum atomic E-state index is -4.67. The average Bonchev–Trinajstić information content (AvgIpc) is 3.34. The van der Waals surface area contributed by atoms with Gasteiger partial charge in [-0.1, -0.05) is 27.2 Å². The number of primary amides is 1. The molecule has 0 radical (unpaired) electrons. The van der Waals surface area contributed by atoms with Crippen LogP contribution < -0.4 is 78.2 Å². The molecule has 2 aliphatic heterocycles. The Balaban J connectivity index is 0.00000142. The Morgan fingerprint density at radius 1 is 1.17 bits per heavy atom. The first-order valence-electron chi connectivity index (χ1n) is 14.5. The second kappa shape index (κ2) is 17.5. The van der Waals surface area contributed by atoms with Crippen LogP contribution in [0.2, 0.25) is 0 Å². The summed E-state index contributed by atoms with van der Waals surface area (Å²) in [5, 5.41) is 3.26. The number of nitrogens with two attached hydrogens (primary N) is 1. The number of fused-ring (bicyclic) bond motifs is 2. The molecule has 14 heteroatoms. The average molecular weight is 672 g/mol. The van der Waals surface area contributed by atoms with Gasteiger partial charge in [0.2, 0.25) is 6.41 Å². The molecular weight excluding hydrogens is 631 g/mol. The van der Waals surface area contributed by atoms with E-state index in [-0.39, 0.29) is 81.3 Å². The van der Waals surface area contributed by atoms with Gasteiger partial charge in [0.1, 0.15) is 23.7 Å². The van der Waals surface area contributed by atoms with Crippen LogP contribution in [-0.2, 0) is 11.0 Å². The van der Waals surface area contributed by atoms with Crippen LogP contribution in [0.15, 0.2) is 36.4 Å². The molecule has 0 spiro atoms. The second-order valence-electron chi connectivity index (χ2n) is 10.8. The van der Waals surface area contributed by atoms with Crippen molar-refractivity contribution in [3.8, 4) is 22.8 Å². The molecule has 3 aromatic rings. The van der Waals surface area contributed by atoms with Crippen molar-refractivity contribution < 1.29 is 87.9 Å². The van der Waals surface area contributed by atoms with Gasteiger partial charge in [0.15, 0.2) is 12.0 Å². The number of carbonyl (C=O) groups is 1. The fourth-order valence-corrected chi connectivity index (χ4v) is 5.52. The third kappa shape index (κ3) is 9.05. The number of nitrogens with one attached hydrogen (secondary N) is 1. The summed E-state index contributed by atoms with van der Waals surface area (Å²) in [7, 11) is 1.62. The number of alkyl halides is 3. The van der Waals surface area contributed by atoms with Crippen molar-refractivity contribution in [3.05, 3.63) is 70.1 Å². The minimum absolute atomic E-state index is 0. The molecule has 244 valence electrons. The normalized spacial score (nSPS) is 14.8. The molecule has 1 amide bonds. The van der Waals surface area contributed by atoms with E-state index in [1.165, 1.54) is 0 Å². The van der Waals surface area contributed by atoms with Crippen molar-refractivity contribution in [1.29, 1.82) is 0 Å². The van der Waals surface area contributed by atoms with Gasteiger partial charge >= 0.3 is 57.6 Å². The molecule has 2 aromatic carbocycles. The summed E-state index contributed by atoms with van der Waals surface area (Å²) in [5.74, 6) is 0.290. The van der Waals surface area contributed by atoms with Gasteiger partial charge in [0.25, 0.3) is 5.69 Å². The van der Waals surface area contributed by atoms with Crippen LogP contribution in [0.5, 0.6) is 11.5 Å². The Bertz CT molecular complexity index is 1540. The van der Waals surface area contributed by atoms with Gasteiger partial charge in [0, 0.05) is 36.2 Å². The summed E-state index contributed by atoms with van der Waals surface area (Å²) in [6, 6.07) is 8.29. The van der Waals surface area contributed by atoms with Crippen LogP contribution in [-0.4, -0.2) is 48.9 Å². The molecule has 2 atom stereocenters. The summed E-state index contributed by atoms with van der Waals surface area (Å²) in [6.45, 7) is 8.03. The number of pyridine rings is 1. The summed E-state index contributed by atoms with van der Waals surface area (Å²) in [6.07, 6.45) is 0.225. The van der Waals surface area contributed by atoms with Gasteiger partial charge in [-0.15, -0.1) is 6.54 Å². The number of ether oxygens (including phenoxy) is 1. The molecule has 0 aliphatic carbocycles. The Kier molecular flexibility index (Phi) is 15.1. The Morgan fingerprint density at radius 3 is 2.52 bits per heavy atom. The van der Waals surface area contributed by atoms with E-state index in [0.717, 1.165) is 54.8 Å². The fourth-order valence-electron chi connectivity index (χ4n) is 5.52. The topological polar surface area (TPSA) is 139 Å². The molecule has 1 aromatic heterocycles. The predicted octanol–water partition coefficient (Wildman–Crippen LogP) is 4.45. The SMILES string of the molecule is CCCC(C[N-]Oc1cc2c(c(OC)c1)[N+](CCC)=C2)c1cc2c(c(-c3cc(F)cc(C(F)(F)F)c3)n1)NCC2C.N.NC=O.[K+]. The molecular formula is C32H40F4KN6O3+. The van der Waals surface area contributed by atoms with E-state index in [1.807, 2.05) is 32.0 Å². The maximum Gasteiger partial charge on any atom is 1.00 e. The van der Waals surface area contributed by atoms with E-state index in [4.69, 9.17) is 19.4 Å². The first kappa shape index (κ1) is 39.6. The maximum atomic E-state index is 14.4. The molecule has 3 heterocycles. The van der Waals surface area contributed by atoms with Crippen LogP contribution in [0.4, 0.5) is 28.9 Å². The molecule has 9 nitrogen and oxygen atoms in total. The van der Waals surface area contributed by atoms with Crippen LogP contribution in [0, 0.1) is 5.82 Å². The molecule has 0 saturated heterocycles. The summed E-state index contributed by atoms with van der Waals surface area (Å²) in [4.78, 5) is 19.2.